The number of hydrogen-bond acceptors (Lipinski definition) is 5. The molecule has 0 spiro atoms. The zero-order valence-corrected chi connectivity index (χ0v) is 12.1. The number of fused-ring (bicyclic) bond motifs is 1. The third-order valence-corrected chi connectivity index (χ3v) is 3.79. The summed E-state index contributed by atoms with van der Waals surface area (Å²) in [4.78, 5) is 10.5. The molecule has 2 aromatic rings. The van der Waals surface area contributed by atoms with Gasteiger partial charge in [-0.05, 0) is 31.0 Å². The van der Waals surface area contributed by atoms with E-state index in [1.165, 1.54) is 4.88 Å². The van der Waals surface area contributed by atoms with Crippen molar-refractivity contribution in [2.45, 2.75) is 26.4 Å². The standard InChI is InChI=1S/C12H15ClN2O2S/c1-4-8-5-9-10(17-7(2)6-16-3)14-12(13)15-11(9)18-8/h5,7H,4,6H2,1-3H3. The van der Waals surface area contributed by atoms with Crippen LogP contribution in [0.1, 0.15) is 18.7 Å². The van der Waals surface area contributed by atoms with Crippen LogP contribution in [0.2, 0.25) is 5.28 Å². The van der Waals surface area contributed by atoms with Crippen LogP contribution < -0.4 is 4.74 Å². The Labute approximate surface area is 115 Å². The van der Waals surface area contributed by atoms with Crippen LogP contribution in [0.4, 0.5) is 0 Å². The van der Waals surface area contributed by atoms with Crippen molar-refractivity contribution >= 4 is 33.2 Å². The Balaban J connectivity index is 2.38. The molecule has 0 aliphatic heterocycles. The predicted molar refractivity (Wildman–Crippen MR) is 73.8 cm³/mol. The van der Waals surface area contributed by atoms with E-state index in [1.807, 2.05) is 6.92 Å². The monoisotopic (exact) mass is 286 g/mol. The number of ether oxygens (including phenoxy) is 2. The molecule has 0 amide bonds. The van der Waals surface area contributed by atoms with Crippen LogP contribution in [-0.4, -0.2) is 29.8 Å². The zero-order chi connectivity index (χ0) is 13.1. The van der Waals surface area contributed by atoms with Gasteiger partial charge in [0.2, 0.25) is 11.2 Å². The highest BCUT2D eigenvalue weighted by atomic mass is 35.5. The molecule has 4 nitrogen and oxygen atoms in total. The third-order valence-electron chi connectivity index (χ3n) is 2.44. The summed E-state index contributed by atoms with van der Waals surface area (Å²) in [6, 6.07) is 2.06. The maximum absolute atomic E-state index is 5.91. The van der Waals surface area contributed by atoms with Gasteiger partial charge >= 0.3 is 0 Å². The molecule has 0 aliphatic rings. The van der Waals surface area contributed by atoms with Gasteiger partial charge in [-0.3, -0.25) is 0 Å². The third kappa shape index (κ3) is 2.91. The molecular weight excluding hydrogens is 272 g/mol. The number of halogens is 1. The van der Waals surface area contributed by atoms with Gasteiger partial charge in [-0.15, -0.1) is 11.3 Å². The van der Waals surface area contributed by atoms with Gasteiger partial charge in [-0.1, -0.05) is 6.92 Å². The van der Waals surface area contributed by atoms with Gasteiger partial charge in [-0.2, -0.15) is 4.98 Å². The molecule has 0 saturated carbocycles. The smallest absolute Gasteiger partial charge is 0.227 e. The van der Waals surface area contributed by atoms with Crippen molar-refractivity contribution in [1.82, 2.24) is 9.97 Å². The van der Waals surface area contributed by atoms with E-state index >= 15 is 0 Å². The Hall–Kier alpha value is -0.910. The van der Waals surface area contributed by atoms with Crippen molar-refractivity contribution in [3.05, 3.63) is 16.2 Å². The highest BCUT2D eigenvalue weighted by Crippen LogP contribution is 2.32. The average molecular weight is 287 g/mol. The molecular formula is C12H15ClN2O2S. The highest BCUT2D eigenvalue weighted by molar-refractivity contribution is 7.18. The minimum Gasteiger partial charge on any atom is -0.472 e. The van der Waals surface area contributed by atoms with Crippen molar-refractivity contribution < 1.29 is 9.47 Å². The van der Waals surface area contributed by atoms with E-state index in [-0.39, 0.29) is 11.4 Å². The number of aryl methyl sites for hydroxylation is 1. The van der Waals surface area contributed by atoms with Gasteiger partial charge in [0.05, 0.1) is 12.0 Å². The Bertz CT molecular complexity index is 544. The van der Waals surface area contributed by atoms with Gasteiger partial charge in [0.15, 0.2) is 0 Å². The maximum Gasteiger partial charge on any atom is 0.227 e. The summed E-state index contributed by atoms with van der Waals surface area (Å²) in [5.41, 5.74) is 0. The quantitative estimate of drug-likeness (QED) is 0.791. The summed E-state index contributed by atoms with van der Waals surface area (Å²) in [5.74, 6) is 0.533. The number of methoxy groups -OCH3 is 1. The molecule has 2 heterocycles. The van der Waals surface area contributed by atoms with E-state index in [0.29, 0.717) is 12.5 Å². The molecule has 2 aromatic heterocycles. The summed E-state index contributed by atoms with van der Waals surface area (Å²) in [6.45, 7) is 4.54. The fraction of sp³-hybridized carbons (Fsp3) is 0.500. The summed E-state index contributed by atoms with van der Waals surface area (Å²) in [5, 5.41) is 1.14. The van der Waals surface area contributed by atoms with Crippen LogP contribution >= 0.6 is 22.9 Å². The first kappa shape index (κ1) is 13.5. The largest absolute Gasteiger partial charge is 0.472 e. The van der Waals surface area contributed by atoms with Crippen LogP contribution in [0, 0.1) is 0 Å². The van der Waals surface area contributed by atoms with Crippen LogP contribution in [-0.2, 0) is 11.2 Å². The molecule has 98 valence electrons. The van der Waals surface area contributed by atoms with Crippen LogP contribution in [0.25, 0.3) is 10.2 Å². The molecule has 0 fully saturated rings. The molecule has 1 unspecified atom stereocenters. The van der Waals surface area contributed by atoms with E-state index in [9.17, 15) is 0 Å². The molecule has 0 N–H and O–H groups in total. The number of aromatic nitrogens is 2. The number of thiophene rings is 1. The molecule has 2 rings (SSSR count). The first-order valence-electron chi connectivity index (χ1n) is 5.75. The van der Waals surface area contributed by atoms with Gasteiger partial charge in [0, 0.05) is 12.0 Å². The normalized spacial score (nSPS) is 12.9. The summed E-state index contributed by atoms with van der Waals surface area (Å²) < 4.78 is 10.8. The minimum atomic E-state index is -0.0749. The van der Waals surface area contributed by atoms with E-state index in [4.69, 9.17) is 21.1 Å². The van der Waals surface area contributed by atoms with E-state index in [1.54, 1.807) is 18.4 Å². The molecule has 1 atom stereocenters. The molecule has 0 bridgehead atoms. The van der Waals surface area contributed by atoms with Crippen molar-refractivity contribution in [3.63, 3.8) is 0 Å². The molecule has 6 heteroatoms. The van der Waals surface area contributed by atoms with Crippen LogP contribution in [0.3, 0.4) is 0 Å². The second kappa shape index (κ2) is 5.82. The lowest BCUT2D eigenvalue weighted by atomic mass is 10.3. The van der Waals surface area contributed by atoms with Gasteiger partial charge < -0.3 is 9.47 Å². The van der Waals surface area contributed by atoms with Crippen molar-refractivity contribution in [3.8, 4) is 5.88 Å². The van der Waals surface area contributed by atoms with Crippen LogP contribution in [0.15, 0.2) is 6.07 Å². The Morgan fingerprint density at radius 1 is 1.44 bits per heavy atom. The fourth-order valence-electron chi connectivity index (χ4n) is 1.64. The first-order valence-corrected chi connectivity index (χ1v) is 6.95. The first-order chi connectivity index (χ1) is 8.63. The van der Waals surface area contributed by atoms with Crippen molar-refractivity contribution in [2.75, 3.05) is 13.7 Å². The molecule has 0 radical (unpaired) electrons. The predicted octanol–water partition coefficient (Wildman–Crippen LogP) is 3.32. The van der Waals surface area contributed by atoms with Gasteiger partial charge in [0.25, 0.3) is 0 Å². The second-order valence-corrected chi connectivity index (χ2v) is 5.42. The summed E-state index contributed by atoms with van der Waals surface area (Å²) >= 11 is 7.53. The molecule has 0 saturated heterocycles. The average Bonchev–Trinajstić information content (AvgIpc) is 2.72. The fourth-order valence-corrected chi connectivity index (χ4v) is 2.81. The van der Waals surface area contributed by atoms with Crippen molar-refractivity contribution in [1.29, 1.82) is 0 Å². The Morgan fingerprint density at radius 3 is 2.89 bits per heavy atom. The lowest BCUT2D eigenvalue weighted by molar-refractivity contribution is 0.0901. The van der Waals surface area contributed by atoms with Crippen molar-refractivity contribution in [2.24, 2.45) is 0 Å². The number of rotatable bonds is 5. The molecule has 0 aromatic carbocycles. The van der Waals surface area contributed by atoms with Gasteiger partial charge in [-0.25, -0.2) is 4.98 Å². The van der Waals surface area contributed by atoms with E-state index < -0.39 is 0 Å². The highest BCUT2D eigenvalue weighted by Gasteiger charge is 2.14. The lowest BCUT2D eigenvalue weighted by Crippen LogP contribution is -2.18. The zero-order valence-electron chi connectivity index (χ0n) is 10.6. The summed E-state index contributed by atoms with van der Waals surface area (Å²) in [7, 11) is 1.64. The lowest BCUT2D eigenvalue weighted by Gasteiger charge is -2.13. The topological polar surface area (TPSA) is 44.2 Å². The number of nitrogens with zero attached hydrogens (tertiary/aromatic N) is 2. The second-order valence-electron chi connectivity index (χ2n) is 3.97. The molecule has 18 heavy (non-hydrogen) atoms. The maximum atomic E-state index is 5.91. The van der Waals surface area contributed by atoms with Crippen LogP contribution in [0.5, 0.6) is 5.88 Å². The van der Waals surface area contributed by atoms with Gasteiger partial charge in [0.1, 0.15) is 10.9 Å². The Morgan fingerprint density at radius 2 is 2.22 bits per heavy atom. The molecule has 0 aliphatic carbocycles. The number of hydrogen-bond donors (Lipinski definition) is 0. The SMILES string of the molecule is CCc1cc2c(OC(C)COC)nc(Cl)nc2s1. The van der Waals surface area contributed by atoms with E-state index in [2.05, 4.69) is 23.0 Å². The minimum absolute atomic E-state index is 0.0749. The Kier molecular flexibility index (Phi) is 4.37. The van der Waals surface area contributed by atoms with E-state index in [0.717, 1.165) is 16.6 Å². The summed E-state index contributed by atoms with van der Waals surface area (Å²) in [6.07, 6.45) is 0.889.